The Labute approximate surface area is 216 Å². The van der Waals surface area contributed by atoms with Gasteiger partial charge in [-0.3, -0.25) is 0 Å². The molecule has 2 heterocycles. The summed E-state index contributed by atoms with van der Waals surface area (Å²) in [5.74, 6) is 1.75. The number of hydrogen-bond acceptors (Lipinski definition) is 8. The van der Waals surface area contributed by atoms with E-state index in [0.717, 1.165) is 40.2 Å². The quantitative estimate of drug-likeness (QED) is 0.293. The zero-order valence-corrected chi connectivity index (χ0v) is 21.2. The zero-order chi connectivity index (χ0) is 26.0. The number of carbonyl (C=O) groups excluding carboxylic acids is 2. The molecule has 2 aliphatic rings. The molecular weight excluding hydrogens is 476 g/mol. The molecule has 2 aromatic carbocycles. The zero-order valence-electron chi connectivity index (χ0n) is 21.2. The van der Waals surface area contributed by atoms with Crippen LogP contribution in [0.5, 0.6) is 23.0 Å². The Bertz CT molecular complexity index is 1090. The van der Waals surface area contributed by atoms with E-state index in [-0.39, 0.29) is 26.4 Å². The van der Waals surface area contributed by atoms with E-state index in [9.17, 15) is 9.59 Å². The van der Waals surface area contributed by atoms with Gasteiger partial charge in [-0.2, -0.15) is 0 Å². The highest BCUT2D eigenvalue weighted by Gasteiger charge is 2.14. The van der Waals surface area contributed by atoms with Crippen molar-refractivity contribution in [2.24, 2.45) is 0 Å². The molecule has 0 saturated heterocycles. The molecule has 37 heavy (non-hydrogen) atoms. The maximum atomic E-state index is 11.9. The van der Waals surface area contributed by atoms with Crippen LogP contribution in [0, 0.1) is 0 Å². The molecule has 2 aliphatic heterocycles. The van der Waals surface area contributed by atoms with Crippen molar-refractivity contribution in [2.45, 2.75) is 33.1 Å². The number of benzene rings is 2. The minimum Gasteiger partial charge on any atom is -0.489 e. The van der Waals surface area contributed by atoms with Crippen molar-refractivity contribution in [3.05, 3.63) is 59.7 Å². The van der Waals surface area contributed by atoms with Crippen LogP contribution in [0.25, 0.3) is 11.1 Å². The summed E-state index contributed by atoms with van der Waals surface area (Å²) in [5, 5.41) is 0. The van der Waals surface area contributed by atoms with Gasteiger partial charge in [0.1, 0.15) is 36.2 Å². The fourth-order valence-electron chi connectivity index (χ4n) is 3.93. The normalized spacial score (nSPS) is 13.6. The van der Waals surface area contributed by atoms with Gasteiger partial charge in [0.15, 0.2) is 13.2 Å². The first-order valence-corrected chi connectivity index (χ1v) is 12.4. The molecule has 8 heteroatoms. The third kappa shape index (κ3) is 7.52. The maximum Gasteiger partial charge on any atom is 0.344 e. The van der Waals surface area contributed by atoms with Crippen molar-refractivity contribution in [3.8, 4) is 23.0 Å². The standard InChI is InChI=1S/C29H32O8/c1-20-10-14-32-26-16-22(6-8-24(20)26)36-18-28(30)34-12-4-3-5-13-35-29(31)19-37-23-7-9-25-21(2)11-15-33-27(25)17-23/h6-11,16-17H,3-5,12-15,18-19H2,1-2H3. The largest absolute Gasteiger partial charge is 0.489 e. The Morgan fingerprint density at radius 2 is 1.16 bits per heavy atom. The molecule has 0 N–H and O–H groups in total. The molecule has 0 amide bonds. The fraction of sp³-hybridized carbons (Fsp3) is 0.379. The van der Waals surface area contributed by atoms with Crippen molar-refractivity contribution in [3.63, 3.8) is 0 Å². The highest BCUT2D eigenvalue weighted by Crippen LogP contribution is 2.33. The second-order valence-electron chi connectivity index (χ2n) is 8.79. The SMILES string of the molecule is CC1=CCOc2cc(OCC(=O)OCCCCCOC(=O)COc3ccc4c(c3)OCC=C4C)ccc21. The van der Waals surface area contributed by atoms with Gasteiger partial charge in [0, 0.05) is 23.3 Å². The Balaban J connectivity index is 1.03. The molecule has 196 valence electrons. The van der Waals surface area contributed by atoms with Crippen molar-refractivity contribution < 1.29 is 38.0 Å². The lowest BCUT2D eigenvalue weighted by Crippen LogP contribution is -2.16. The molecule has 0 atom stereocenters. The van der Waals surface area contributed by atoms with Gasteiger partial charge in [-0.25, -0.2) is 9.59 Å². The monoisotopic (exact) mass is 508 g/mol. The summed E-state index contributed by atoms with van der Waals surface area (Å²) >= 11 is 0. The number of carbonyl (C=O) groups is 2. The Hall–Kier alpha value is -3.94. The Morgan fingerprint density at radius 1 is 0.703 bits per heavy atom. The molecule has 0 unspecified atom stereocenters. The molecule has 0 spiro atoms. The van der Waals surface area contributed by atoms with Crippen LogP contribution < -0.4 is 18.9 Å². The number of allylic oxidation sites excluding steroid dienone is 2. The van der Waals surface area contributed by atoms with Gasteiger partial charge in [-0.1, -0.05) is 0 Å². The number of unbranched alkanes of at least 4 members (excludes halogenated alkanes) is 2. The molecule has 2 aromatic rings. The average Bonchev–Trinajstić information content (AvgIpc) is 2.90. The summed E-state index contributed by atoms with van der Waals surface area (Å²) in [6.07, 6.45) is 6.13. The van der Waals surface area contributed by atoms with E-state index in [4.69, 9.17) is 28.4 Å². The van der Waals surface area contributed by atoms with Crippen LogP contribution in [0.15, 0.2) is 48.6 Å². The van der Waals surface area contributed by atoms with Gasteiger partial charge in [-0.15, -0.1) is 0 Å². The second-order valence-corrected chi connectivity index (χ2v) is 8.79. The van der Waals surface area contributed by atoms with Gasteiger partial charge < -0.3 is 28.4 Å². The second kappa shape index (κ2) is 12.9. The number of rotatable bonds is 12. The molecule has 0 saturated carbocycles. The van der Waals surface area contributed by atoms with Crippen LogP contribution in [-0.4, -0.2) is 51.6 Å². The summed E-state index contributed by atoms with van der Waals surface area (Å²) in [6, 6.07) is 11.0. The number of ether oxygens (including phenoxy) is 6. The van der Waals surface area contributed by atoms with Gasteiger partial charge in [0.05, 0.1) is 13.2 Å². The summed E-state index contributed by atoms with van der Waals surface area (Å²) in [4.78, 5) is 23.9. The summed E-state index contributed by atoms with van der Waals surface area (Å²) in [7, 11) is 0. The summed E-state index contributed by atoms with van der Waals surface area (Å²) < 4.78 is 32.7. The first-order valence-electron chi connectivity index (χ1n) is 12.4. The van der Waals surface area contributed by atoms with Crippen molar-refractivity contribution in [1.29, 1.82) is 0 Å². The first-order chi connectivity index (χ1) is 18.0. The Morgan fingerprint density at radius 3 is 1.62 bits per heavy atom. The first kappa shape index (κ1) is 26.1. The molecule has 4 rings (SSSR count). The lowest BCUT2D eigenvalue weighted by atomic mass is 10.0. The third-order valence-electron chi connectivity index (χ3n) is 6.04. The van der Waals surface area contributed by atoms with Crippen LogP contribution in [0.3, 0.4) is 0 Å². The smallest absolute Gasteiger partial charge is 0.344 e. The van der Waals surface area contributed by atoms with Gasteiger partial charge >= 0.3 is 11.9 Å². The Kier molecular flexibility index (Phi) is 9.08. The number of hydrogen-bond donors (Lipinski definition) is 0. The van der Waals surface area contributed by atoms with Crippen LogP contribution in [0.2, 0.25) is 0 Å². The molecule has 0 radical (unpaired) electrons. The fourth-order valence-corrected chi connectivity index (χ4v) is 3.93. The van der Waals surface area contributed by atoms with E-state index >= 15 is 0 Å². The highest BCUT2D eigenvalue weighted by molar-refractivity contribution is 5.74. The van der Waals surface area contributed by atoms with Crippen molar-refractivity contribution in [1.82, 2.24) is 0 Å². The lowest BCUT2D eigenvalue weighted by Gasteiger charge is -2.17. The van der Waals surface area contributed by atoms with Crippen LogP contribution in [0.1, 0.15) is 44.2 Å². The molecule has 8 nitrogen and oxygen atoms in total. The van der Waals surface area contributed by atoms with Crippen LogP contribution in [-0.2, 0) is 19.1 Å². The molecule has 0 aliphatic carbocycles. The van der Waals surface area contributed by atoms with Gasteiger partial charge in [0.25, 0.3) is 0 Å². The van der Waals surface area contributed by atoms with E-state index in [1.807, 2.05) is 50.3 Å². The van der Waals surface area contributed by atoms with Crippen LogP contribution >= 0.6 is 0 Å². The highest BCUT2D eigenvalue weighted by atomic mass is 16.6. The van der Waals surface area contributed by atoms with E-state index in [0.29, 0.717) is 37.6 Å². The van der Waals surface area contributed by atoms with Crippen molar-refractivity contribution in [2.75, 3.05) is 39.6 Å². The molecule has 0 bridgehead atoms. The van der Waals surface area contributed by atoms with E-state index in [1.54, 1.807) is 12.1 Å². The minimum absolute atomic E-state index is 0.169. The third-order valence-corrected chi connectivity index (χ3v) is 6.04. The summed E-state index contributed by atoms with van der Waals surface area (Å²) in [5.41, 5.74) is 4.36. The lowest BCUT2D eigenvalue weighted by molar-refractivity contribution is -0.146. The van der Waals surface area contributed by atoms with Gasteiger partial charge in [0.2, 0.25) is 0 Å². The topological polar surface area (TPSA) is 89.5 Å². The minimum atomic E-state index is -0.433. The van der Waals surface area contributed by atoms with Gasteiger partial charge in [-0.05, 0) is 80.7 Å². The van der Waals surface area contributed by atoms with Crippen molar-refractivity contribution >= 4 is 23.1 Å². The predicted octanol–water partition coefficient (Wildman–Crippen LogP) is 4.99. The number of esters is 2. The molecule has 0 fully saturated rings. The number of fused-ring (bicyclic) bond motifs is 2. The molecule has 0 aromatic heterocycles. The van der Waals surface area contributed by atoms with E-state index in [1.165, 1.54) is 0 Å². The maximum absolute atomic E-state index is 11.9. The summed E-state index contributed by atoms with van der Waals surface area (Å²) in [6.45, 7) is 5.35. The molecular formula is C29H32O8. The van der Waals surface area contributed by atoms with E-state index in [2.05, 4.69) is 0 Å². The predicted molar refractivity (Wildman–Crippen MR) is 138 cm³/mol. The van der Waals surface area contributed by atoms with E-state index < -0.39 is 11.9 Å². The van der Waals surface area contributed by atoms with Crippen LogP contribution in [0.4, 0.5) is 0 Å². The average molecular weight is 509 g/mol.